The summed E-state index contributed by atoms with van der Waals surface area (Å²) in [6.07, 6.45) is 2.37. The van der Waals surface area contributed by atoms with E-state index >= 15 is 0 Å². The molecule has 0 bridgehead atoms. The molecule has 3 rings (SSSR count). The van der Waals surface area contributed by atoms with Gasteiger partial charge >= 0.3 is 0 Å². The van der Waals surface area contributed by atoms with Gasteiger partial charge in [-0.15, -0.1) is 5.10 Å². The van der Waals surface area contributed by atoms with E-state index < -0.39 is 0 Å². The lowest BCUT2D eigenvalue weighted by molar-refractivity contribution is 0.141. The number of rotatable bonds is 12. The number of nitrogens with one attached hydrogen (secondary N) is 1. The van der Waals surface area contributed by atoms with Gasteiger partial charge in [0.1, 0.15) is 0 Å². The highest BCUT2D eigenvalue weighted by atomic mass is 16.5. The van der Waals surface area contributed by atoms with Crippen molar-refractivity contribution in [1.29, 1.82) is 0 Å². The lowest BCUT2D eigenvalue weighted by atomic mass is 10.0. The van der Waals surface area contributed by atoms with Crippen molar-refractivity contribution in [2.75, 3.05) is 26.9 Å². The predicted molar refractivity (Wildman–Crippen MR) is 123 cm³/mol. The zero-order chi connectivity index (χ0) is 23.1. The van der Waals surface area contributed by atoms with Crippen LogP contribution in [0.2, 0.25) is 0 Å². The molecule has 1 atom stereocenters. The molecule has 0 spiro atoms. The molecule has 0 saturated heterocycles. The number of hydrogen-bond donors (Lipinski definition) is 2. The maximum atomic E-state index is 12.9. The van der Waals surface area contributed by atoms with Gasteiger partial charge in [0.05, 0.1) is 19.2 Å². The van der Waals surface area contributed by atoms with E-state index in [4.69, 9.17) is 4.74 Å². The molecule has 1 unspecified atom stereocenters. The number of fused-ring (bicyclic) bond motifs is 1. The second kappa shape index (κ2) is 11.3. The maximum Gasteiger partial charge on any atom is 0.252 e. The highest BCUT2D eigenvalue weighted by molar-refractivity contribution is 5.80. The highest BCUT2D eigenvalue weighted by Crippen LogP contribution is 2.26. The Morgan fingerprint density at radius 2 is 2.03 bits per heavy atom. The van der Waals surface area contributed by atoms with Gasteiger partial charge < -0.3 is 14.8 Å². The number of aliphatic hydroxyl groups is 1. The monoisotopic (exact) mass is 442 g/mol. The molecular weight excluding hydrogens is 408 g/mol. The zero-order valence-electron chi connectivity index (χ0n) is 19.5. The first-order valence-corrected chi connectivity index (χ1v) is 11.2. The van der Waals surface area contributed by atoms with Gasteiger partial charge in [0.15, 0.2) is 5.82 Å². The number of benzene rings is 1. The number of tetrazole rings is 1. The molecule has 32 heavy (non-hydrogen) atoms. The summed E-state index contributed by atoms with van der Waals surface area (Å²) in [5.41, 5.74) is 3.78. The van der Waals surface area contributed by atoms with Crippen LogP contribution in [0.25, 0.3) is 10.9 Å². The molecular formula is C23H34N6O3. The fourth-order valence-corrected chi connectivity index (χ4v) is 4.01. The van der Waals surface area contributed by atoms with Gasteiger partial charge in [0, 0.05) is 37.9 Å². The van der Waals surface area contributed by atoms with Crippen LogP contribution in [0.5, 0.6) is 0 Å². The third-order valence-electron chi connectivity index (χ3n) is 5.88. The average molecular weight is 443 g/mol. The first-order valence-electron chi connectivity index (χ1n) is 11.2. The van der Waals surface area contributed by atoms with Gasteiger partial charge in [0.25, 0.3) is 5.56 Å². The minimum Gasteiger partial charge on any atom is -0.396 e. The van der Waals surface area contributed by atoms with Crippen molar-refractivity contribution in [2.45, 2.75) is 59.2 Å². The summed E-state index contributed by atoms with van der Waals surface area (Å²) in [6.45, 7) is 8.46. The second-order valence-corrected chi connectivity index (χ2v) is 8.25. The number of aliphatic hydroxyl groups excluding tert-OH is 1. The Labute approximate surface area is 188 Å². The molecule has 3 aromatic rings. The number of H-pyrrole nitrogens is 1. The number of pyridine rings is 1. The van der Waals surface area contributed by atoms with Crippen molar-refractivity contribution in [3.05, 3.63) is 51.1 Å². The molecule has 0 amide bonds. The van der Waals surface area contributed by atoms with E-state index in [-0.39, 0.29) is 18.2 Å². The van der Waals surface area contributed by atoms with Crippen LogP contribution in [0.4, 0.5) is 0 Å². The quantitative estimate of drug-likeness (QED) is 0.443. The largest absolute Gasteiger partial charge is 0.396 e. The van der Waals surface area contributed by atoms with Gasteiger partial charge in [-0.25, -0.2) is 4.68 Å². The topological polar surface area (TPSA) is 109 Å². The lowest BCUT2D eigenvalue weighted by Gasteiger charge is -2.30. The summed E-state index contributed by atoms with van der Waals surface area (Å²) in [4.78, 5) is 18.2. The van der Waals surface area contributed by atoms with Crippen LogP contribution in [0, 0.1) is 13.8 Å². The van der Waals surface area contributed by atoms with Gasteiger partial charge in [-0.2, -0.15) is 0 Å². The minimum atomic E-state index is -0.0935. The molecule has 2 aromatic heterocycles. The van der Waals surface area contributed by atoms with Gasteiger partial charge in [-0.3, -0.25) is 9.69 Å². The highest BCUT2D eigenvalue weighted by Gasteiger charge is 2.26. The molecule has 0 aliphatic carbocycles. The third-order valence-corrected chi connectivity index (χ3v) is 5.88. The smallest absolute Gasteiger partial charge is 0.252 e. The van der Waals surface area contributed by atoms with Crippen LogP contribution in [0.15, 0.2) is 23.0 Å². The van der Waals surface area contributed by atoms with E-state index in [2.05, 4.69) is 45.3 Å². The van der Waals surface area contributed by atoms with Crippen LogP contribution in [-0.4, -0.2) is 62.1 Å². The molecule has 2 heterocycles. The average Bonchev–Trinajstić information content (AvgIpc) is 3.23. The van der Waals surface area contributed by atoms with Gasteiger partial charge in [-0.05, 0) is 71.8 Å². The molecule has 0 aliphatic heterocycles. The number of aromatic amines is 1. The van der Waals surface area contributed by atoms with Crippen molar-refractivity contribution in [3.63, 3.8) is 0 Å². The molecule has 174 valence electrons. The fourth-order valence-electron chi connectivity index (χ4n) is 4.01. The lowest BCUT2D eigenvalue weighted by Crippen LogP contribution is -2.34. The van der Waals surface area contributed by atoms with Crippen molar-refractivity contribution >= 4 is 10.9 Å². The van der Waals surface area contributed by atoms with E-state index in [0.29, 0.717) is 38.2 Å². The molecule has 9 heteroatoms. The molecule has 1 aromatic carbocycles. The van der Waals surface area contributed by atoms with Crippen molar-refractivity contribution in [2.24, 2.45) is 0 Å². The maximum absolute atomic E-state index is 12.9. The Kier molecular flexibility index (Phi) is 8.49. The summed E-state index contributed by atoms with van der Waals surface area (Å²) in [5, 5.41) is 22.8. The Bertz CT molecular complexity index is 1080. The Morgan fingerprint density at radius 3 is 2.75 bits per heavy atom. The number of ether oxygens (including phenoxy) is 1. The molecule has 2 N–H and O–H groups in total. The summed E-state index contributed by atoms with van der Waals surface area (Å²) in [5.74, 6) is 0.755. The second-order valence-electron chi connectivity index (χ2n) is 8.25. The molecule has 0 radical (unpaired) electrons. The van der Waals surface area contributed by atoms with E-state index in [0.717, 1.165) is 35.1 Å². The van der Waals surface area contributed by atoms with E-state index in [9.17, 15) is 9.90 Å². The normalized spacial score (nSPS) is 12.7. The molecule has 0 fully saturated rings. The standard InChI is InChI=1S/C23H34N6O3/c1-5-7-21(22-25-26-27-29(22)9-11-32-4)28(8-6-10-30)15-19-14-18-12-16(2)17(3)13-20(18)24-23(19)31/h12-14,21,30H,5-11,15H2,1-4H3,(H,24,31). The predicted octanol–water partition coefficient (Wildman–Crippen LogP) is 2.50. The Morgan fingerprint density at radius 1 is 1.25 bits per heavy atom. The van der Waals surface area contributed by atoms with E-state index in [1.807, 2.05) is 19.1 Å². The number of aromatic nitrogens is 5. The number of hydrogen-bond acceptors (Lipinski definition) is 7. The molecule has 0 aliphatic rings. The summed E-state index contributed by atoms with van der Waals surface area (Å²) in [6, 6.07) is 6.03. The van der Waals surface area contributed by atoms with Crippen molar-refractivity contribution in [3.8, 4) is 0 Å². The van der Waals surface area contributed by atoms with Gasteiger partial charge in [0.2, 0.25) is 0 Å². The van der Waals surface area contributed by atoms with Crippen LogP contribution in [0.1, 0.15) is 54.7 Å². The third kappa shape index (κ3) is 5.59. The Balaban J connectivity index is 1.97. The molecule has 0 saturated carbocycles. The number of nitrogens with zero attached hydrogens (tertiary/aromatic N) is 5. The fraction of sp³-hybridized carbons (Fsp3) is 0.565. The van der Waals surface area contributed by atoms with Gasteiger partial charge in [-0.1, -0.05) is 13.3 Å². The minimum absolute atomic E-state index is 0.0757. The van der Waals surface area contributed by atoms with Crippen molar-refractivity contribution < 1.29 is 9.84 Å². The molecule has 9 nitrogen and oxygen atoms in total. The zero-order valence-corrected chi connectivity index (χ0v) is 19.5. The van der Waals surface area contributed by atoms with Crippen molar-refractivity contribution in [1.82, 2.24) is 30.1 Å². The van der Waals surface area contributed by atoms with E-state index in [1.165, 1.54) is 5.56 Å². The SMILES string of the molecule is CCCC(c1nnnn1CCOC)N(CCCO)Cc1cc2cc(C)c(C)cc2[nH]c1=O. The first-order chi connectivity index (χ1) is 15.5. The number of methoxy groups -OCH3 is 1. The first kappa shape index (κ1) is 24.0. The van der Waals surface area contributed by atoms with Crippen LogP contribution < -0.4 is 5.56 Å². The van der Waals surface area contributed by atoms with Crippen LogP contribution in [-0.2, 0) is 17.8 Å². The summed E-state index contributed by atoms with van der Waals surface area (Å²) in [7, 11) is 1.65. The summed E-state index contributed by atoms with van der Waals surface area (Å²) >= 11 is 0. The van der Waals surface area contributed by atoms with Crippen LogP contribution in [0.3, 0.4) is 0 Å². The van der Waals surface area contributed by atoms with Crippen LogP contribution >= 0.6 is 0 Å². The number of aryl methyl sites for hydroxylation is 2. The Hall–Kier alpha value is -2.62. The van der Waals surface area contributed by atoms with E-state index in [1.54, 1.807) is 11.8 Å². The summed E-state index contributed by atoms with van der Waals surface area (Å²) < 4.78 is 6.97.